The van der Waals surface area contributed by atoms with E-state index in [9.17, 15) is 4.79 Å². The molecule has 1 aromatic carbocycles. The summed E-state index contributed by atoms with van der Waals surface area (Å²) in [5.41, 5.74) is 10.2. The van der Waals surface area contributed by atoms with Gasteiger partial charge in [0.1, 0.15) is 6.04 Å². The number of amides is 1. The van der Waals surface area contributed by atoms with Gasteiger partial charge in [-0.05, 0) is 50.3 Å². The molecule has 0 aliphatic heterocycles. The average Bonchev–Trinajstić information content (AvgIpc) is 2.37. The summed E-state index contributed by atoms with van der Waals surface area (Å²) in [5, 5.41) is 3.50. The van der Waals surface area contributed by atoms with Crippen molar-refractivity contribution in [1.29, 1.82) is 0 Å². The highest BCUT2D eigenvalue weighted by Gasteiger charge is 2.25. The normalized spacial score (nSPS) is 17.9. The Morgan fingerprint density at radius 1 is 1.15 bits per heavy atom. The van der Waals surface area contributed by atoms with Gasteiger partial charge in [-0.3, -0.25) is 10.1 Å². The molecule has 3 heteroatoms. The Bertz CT molecular complexity index is 467. The number of hydrogen-bond donors (Lipinski definition) is 2. The number of primary amides is 1. The summed E-state index contributed by atoms with van der Waals surface area (Å²) in [7, 11) is 0. The van der Waals surface area contributed by atoms with Crippen LogP contribution in [0.2, 0.25) is 0 Å². The quantitative estimate of drug-likeness (QED) is 0.886. The topological polar surface area (TPSA) is 55.1 Å². The smallest absolute Gasteiger partial charge is 0.239 e. The fraction of sp³-hybridized carbons (Fsp3) is 0.588. The minimum atomic E-state index is -0.362. The molecule has 1 saturated carbocycles. The van der Waals surface area contributed by atoms with Crippen molar-refractivity contribution in [2.24, 2.45) is 5.73 Å². The predicted molar refractivity (Wildman–Crippen MR) is 82.6 cm³/mol. The lowest BCUT2D eigenvalue weighted by molar-refractivity contribution is -0.120. The fourth-order valence-corrected chi connectivity index (χ4v) is 3.46. The molecule has 110 valence electrons. The van der Waals surface area contributed by atoms with Crippen LogP contribution in [0, 0.1) is 20.8 Å². The molecule has 0 spiro atoms. The maximum atomic E-state index is 11.9. The fourth-order valence-electron chi connectivity index (χ4n) is 3.46. The number of nitrogens with two attached hydrogens (primary N) is 1. The maximum Gasteiger partial charge on any atom is 0.239 e. The van der Waals surface area contributed by atoms with Crippen LogP contribution < -0.4 is 11.1 Å². The Kier molecular flexibility index (Phi) is 4.81. The molecular formula is C17H26N2O. The number of aryl methyl sites for hydroxylation is 3. The lowest BCUT2D eigenvalue weighted by Gasteiger charge is -2.29. The predicted octanol–water partition coefficient (Wildman–Crippen LogP) is 3.06. The Hall–Kier alpha value is -1.35. The number of carbonyl (C=O) groups is 1. The number of benzene rings is 1. The van der Waals surface area contributed by atoms with Crippen molar-refractivity contribution in [1.82, 2.24) is 5.32 Å². The largest absolute Gasteiger partial charge is 0.368 e. The van der Waals surface area contributed by atoms with Gasteiger partial charge in [0.15, 0.2) is 0 Å². The van der Waals surface area contributed by atoms with Gasteiger partial charge in [0.2, 0.25) is 5.91 Å². The first kappa shape index (κ1) is 15.0. The number of carbonyl (C=O) groups excluding carboxylic acids is 1. The van der Waals surface area contributed by atoms with Gasteiger partial charge >= 0.3 is 0 Å². The van der Waals surface area contributed by atoms with Crippen LogP contribution in [0.15, 0.2) is 12.1 Å². The lowest BCUT2D eigenvalue weighted by Crippen LogP contribution is -2.41. The highest BCUT2D eigenvalue weighted by molar-refractivity contribution is 5.82. The summed E-state index contributed by atoms with van der Waals surface area (Å²) >= 11 is 0. The van der Waals surface area contributed by atoms with Crippen molar-refractivity contribution in [3.05, 3.63) is 34.4 Å². The first-order chi connectivity index (χ1) is 9.49. The van der Waals surface area contributed by atoms with Crippen molar-refractivity contribution in [2.75, 3.05) is 0 Å². The molecule has 0 aromatic heterocycles. The molecule has 20 heavy (non-hydrogen) atoms. The molecule has 0 bridgehead atoms. The van der Waals surface area contributed by atoms with Crippen molar-refractivity contribution in [3.63, 3.8) is 0 Å². The molecule has 1 aliphatic rings. The third kappa shape index (κ3) is 3.40. The summed E-state index contributed by atoms with van der Waals surface area (Å²) < 4.78 is 0. The van der Waals surface area contributed by atoms with Gasteiger partial charge in [-0.15, -0.1) is 0 Å². The molecular weight excluding hydrogens is 248 g/mol. The molecule has 0 saturated heterocycles. The molecule has 1 unspecified atom stereocenters. The minimum absolute atomic E-state index is 0.273. The molecule has 1 aromatic rings. The lowest BCUT2D eigenvalue weighted by atomic mass is 9.90. The van der Waals surface area contributed by atoms with E-state index in [1.165, 1.54) is 24.8 Å². The van der Waals surface area contributed by atoms with Crippen LogP contribution in [0.4, 0.5) is 0 Å². The van der Waals surface area contributed by atoms with Crippen molar-refractivity contribution in [2.45, 2.75) is 65.0 Å². The Morgan fingerprint density at radius 2 is 1.70 bits per heavy atom. The zero-order valence-corrected chi connectivity index (χ0v) is 12.8. The Labute approximate surface area is 121 Å². The SMILES string of the molecule is Cc1cc(C)c(C(NC2CCCCC2)C(N)=O)c(C)c1. The summed E-state index contributed by atoms with van der Waals surface area (Å²) in [6, 6.07) is 4.31. The first-order valence-electron chi connectivity index (χ1n) is 7.62. The van der Waals surface area contributed by atoms with Gasteiger partial charge in [0, 0.05) is 6.04 Å². The van der Waals surface area contributed by atoms with Gasteiger partial charge < -0.3 is 5.73 Å². The van der Waals surface area contributed by atoms with E-state index in [1.54, 1.807) is 0 Å². The average molecular weight is 274 g/mol. The van der Waals surface area contributed by atoms with E-state index in [0.29, 0.717) is 6.04 Å². The summed E-state index contributed by atoms with van der Waals surface area (Å²) in [5.74, 6) is -0.273. The van der Waals surface area contributed by atoms with Gasteiger partial charge in [-0.25, -0.2) is 0 Å². The summed E-state index contributed by atoms with van der Waals surface area (Å²) in [6.45, 7) is 6.21. The van der Waals surface area contributed by atoms with Crippen molar-refractivity contribution in [3.8, 4) is 0 Å². The van der Waals surface area contributed by atoms with Crippen LogP contribution in [-0.2, 0) is 4.79 Å². The molecule has 1 atom stereocenters. The molecule has 0 heterocycles. The number of hydrogen-bond acceptors (Lipinski definition) is 2. The zero-order chi connectivity index (χ0) is 14.7. The second-order valence-electron chi connectivity index (χ2n) is 6.15. The van der Waals surface area contributed by atoms with Gasteiger partial charge in [0.05, 0.1) is 0 Å². The van der Waals surface area contributed by atoms with Crippen LogP contribution in [0.3, 0.4) is 0 Å². The van der Waals surface area contributed by atoms with Crippen LogP contribution in [0.25, 0.3) is 0 Å². The molecule has 0 radical (unpaired) electrons. The van der Waals surface area contributed by atoms with E-state index in [1.807, 2.05) is 0 Å². The van der Waals surface area contributed by atoms with Crippen molar-refractivity contribution < 1.29 is 4.79 Å². The molecule has 1 amide bonds. The second-order valence-corrected chi connectivity index (χ2v) is 6.15. The van der Waals surface area contributed by atoms with Gasteiger partial charge in [-0.2, -0.15) is 0 Å². The van der Waals surface area contributed by atoms with Crippen LogP contribution >= 0.6 is 0 Å². The van der Waals surface area contributed by atoms with E-state index in [0.717, 1.165) is 29.5 Å². The van der Waals surface area contributed by atoms with E-state index in [2.05, 4.69) is 38.2 Å². The maximum absolute atomic E-state index is 11.9. The molecule has 1 fully saturated rings. The van der Waals surface area contributed by atoms with E-state index in [4.69, 9.17) is 5.73 Å². The third-order valence-electron chi connectivity index (χ3n) is 4.32. The third-order valence-corrected chi connectivity index (χ3v) is 4.32. The monoisotopic (exact) mass is 274 g/mol. The van der Waals surface area contributed by atoms with Gasteiger partial charge in [-0.1, -0.05) is 37.0 Å². The minimum Gasteiger partial charge on any atom is -0.368 e. The number of rotatable bonds is 4. The summed E-state index contributed by atoms with van der Waals surface area (Å²) in [4.78, 5) is 11.9. The van der Waals surface area contributed by atoms with Crippen molar-refractivity contribution >= 4 is 5.91 Å². The summed E-state index contributed by atoms with van der Waals surface area (Å²) in [6.07, 6.45) is 6.09. The Morgan fingerprint density at radius 3 is 2.20 bits per heavy atom. The van der Waals surface area contributed by atoms with Gasteiger partial charge in [0.25, 0.3) is 0 Å². The molecule has 2 rings (SSSR count). The second kappa shape index (κ2) is 6.40. The van der Waals surface area contributed by atoms with E-state index < -0.39 is 0 Å². The van der Waals surface area contributed by atoms with E-state index in [-0.39, 0.29) is 11.9 Å². The highest BCUT2D eigenvalue weighted by Crippen LogP contribution is 2.26. The molecule has 3 N–H and O–H groups in total. The molecule has 1 aliphatic carbocycles. The van der Waals surface area contributed by atoms with Crippen LogP contribution in [-0.4, -0.2) is 11.9 Å². The first-order valence-corrected chi connectivity index (χ1v) is 7.62. The van der Waals surface area contributed by atoms with E-state index >= 15 is 0 Å². The zero-order valence-electron chi connectivity index (χ0n) is 12.8. The molecule has 3 nitrogen and oxygen atoms in total. The van der Waals surface area contributed by atoms with Crippen LogP contribution in [0.5, 0.6) is 0 Å². The standard InChI is InChI=1S/C17H26N2O/c1-11-9-12(2)15(13(3)10-11)16(17(18)20)19-14-7-5-4-6-8-14/h9-10,14,16,19H,4-8H2,1-3H3,(H2,18,20). The Balaban J connectivity index is 2.26. The highest BCUT2D eigenvalue weighted by atomic mass is 16.1. The van der Waals surface area contributed by atoms with Crippen LogP contribution in [0.1, 0.15) is 60.4 Å². The number of nitrogens with one attached hydrogen (secondary N) is 1.